The van der Waals surface area contributed by atoms with E-state index in [1.807, 2.05) is 30.3 Å². The molecule has 0 unspecified atom stereocenters. The highest BCUT2D eigenvalue weighted by Crippen LogP contribution is 2.19. The zero-order valence-corrected chi connectivity index (χ0v) is 6.29. The maximum Gasteiger partial charge on any atom is 0.216 e. The third-order valence-electron chi connectivity index (χ3n) is 1.68. The Hall–Kier alpha value is -1.64. The quantitative estimate of drug-likeness (QED) is 0.684. The van der Waals surface area contributed by atoms with Gasteiger partial charge in [0.15, 0.2) is 0 Å². The lowest BCUT2D eigenvalue weighted by Gasteiger charge is -1.94. The largest absolute Gasteiger partial charge is 0.253 e. The molecule has 1 N–H and O–H groups in total. The summed E-state index contributed by atoms with van der Waals surface area (Å²) in [6.45, 7) is 0. The van der Waals surface area contributed by atoms with Crippen LogP contribution < -0.4 is 0 Å². The summed E-state index contributed by atoms with van der Waals surface area (Å²) in [5, 5.41) is 5.85. The molecule has 0 aliphatic carbocycles. The molecule has 1 aromatic carbocycles. The van der Waals surface area contributed by atoms with Crippen LogP contribution in [-0.4, -0.2) is 10.2 Å². The second kappa shape index (κ2) is 2.77. The van der Waals surface area contributed by atoms with Gasteiger partial charge in [0.2, 0.25) is 5.95 Å². The number of benzene rings is 1. The van der Waals surface area contributed by atoms with E-state index >= 15 is 0 Å². The number of hydrogen-bond donors (Lipinski definition) is 1. The Balaban J connectivity index is 2.51. The molecule has 0 aliphatic rings. The lowest BCUT2D eigenvalue weighted by molar-refractivity contribution is 0.582. The highest BCUT2D eigenvalue weighted by atomic mass is 19.1. The molecule has 60 valence electrons. The van der Waals surface area contributed by atoms with Crippen LogP contribution in [0.5, 0.6) is 0 Å². The first kappa shape index (κ1) is 7.03. The van der Waals surface area contributed by atoms with E-state index in [1.165, 1.54) is 6.20 Å². The Morgan fingerprint density at radius 2 is 1.92 bits per heavy atom. The topological polar surface area (TPSA) is 28.7 Å². The summed E-state index contributed by atoms with van der Waals surface area (Å²) in [5.41, 5.74) is 1.35. The average Bonchev–Trinajstić information content (AvgIpc) is 2.53. The molecule has 0 atom stereocenters. The van der Waals surface area contributed by atoms with Crippen LogP contribution in [0.4, 0.5) is 4.39 Å². The molecule has 1 aromatic heterocycles. The van der Waals surface area contributed by atoms with E-state index in [4.69, 9.17) is 0 Å². The first-order valence-corrected chi connectivity index (χ1v) is 3.62. The number of H-pyrrole nitrogens is 1. The molecule has 0 fully saturated rings. The Kier molecular flexibility index (Phi) is 1.63. The minimum absolute atomic E-state index is 0.388. The lowest BCUT2D eigenvalue weighted by Crippen LogP contribution is -1.78. The van der Waals surface area contributed by atoms with Gasteiger partial charge in [-0.15, -0.1) is 0 Å². The maximum absolute atomic E-state index is 12.9. The summed E-state index contributed by atoms with van der Waals surface area (Å²) < 4.78 is 12.9. The SMILES string of the molecule is Fc1[nH]ncc1-c1ccccc1. The molecule has 2 rings (SSSR count). The third kappa shape index (κ3) is 1.09. The first-order chi connectivity index (χ1) is 5.88. The molecule has 3 heteroatoms. The number of nitrogens with zero attached hydrogens (tertiary/aromatic N) is 1. The monoisotopic (exact) mass is 162 g/mol. The highest BCUT2D eigenvalue weighted by molar-refractivity contribution is 5.61. The van der Waals surface area contributed by atoms with E-state index < -0.39 is 0 Å². The molecular formula is C9H7FN2. The molecule has 0 amide bonds. The lowest BCUT2D eigenvalue weighted by atomic mass is 10.1. The Bertz CT molecular complexity index is 367. The molecule has 0 aliphatic heterocycles. The van der Waals surface area contributed by atoms with E-state index in [0.717, 1.165) is 5.56 Å². The molecule has 2 aromatic rings. The van der Waals surface area contributed by atoms with Gasteiger partial charge in [0.25, 0.3) is 0 Å². The Morgan fingerprint density at radius 1 is 1.17 bits per heavy atom. The van der Waals surface area contributed by atoms with Gasteiger partial charge in [-0.3, -0.25) is 5.10 Å². The number of hydrogen-bond acceptors (Lipinski definition) is 1. The van der Waals surface area contributed by atoms with Crippen LogP contribution in [0.1, 0.15) is 0 Å². The van der Waals surface area contributed by atoms with Crippen molar-refractivity contribution < 1.29 is 4.39 Å². The second-order valence-electron chi connectivity index (χ2n) is 2.46. The predicted octanol–water partition coefficient (Wildman–Crippen LogP) is 2.22. The minimum Gasteiger partial charge on any atom is -0.253 e. The smallest absolute Gasteiger partial charge is 0.216 e. The highest BCUT2D eigenvalue weighted by Gasteiger charge is 2.04. The standard InChI is InChI=1S/C9H7FN2/c10-9-8(6-11-12-9)7-4-2-1-3-5-7/h1-6H,(H,11,12). The van der Waals surface area contributed by atoms with Crippen molar-refractivity contribution in [2.45, 2.75) is 0 Å². The zero-order valence-electron chi connectivity index (χ0n) is 6.29. The summed E-state index contributed by atoms with van der Waals surface area (Å²) in [6.07, 6.45) is 1.48. The maximum atomic E-state index is 12.9. The van der Waals surface area contributed by atoms with E-state index in [0.29, 0.717) is 5.56 Å². The van der Waals surface area contributed by atoms with Gasteiger partial charge < -0.3 is 0 Å². The molecule has 0 saturated carbocycles. The van der Waals surface area contributed by atoms with Crippen LogP contribution in [0.2, 0.25) is 0 Å². The van der Waals surface area contributed by atoms with Gasteiger partial charge in [0.1, 0.15) is 0 Å². The van der Waals surface area contributed by atoms with Gasteiger partial charge in [0, 0.05) is 0 Å². The number of halogens is 1. The van der Waals surface area contributed by atoms with Crippen LogP contribution in [0, 0.1) is 5.95 Å². The van der Waals surface area contributed by atoms with Crippen LogP contribution >= 0.6 is 0 Å². The summed E-state index contributed by atoms with van der Waals surface area (Å²) in [7, 11) is 0. The van der Waals surface area contributed by atoms with Crippen molar-refractivity contribution in [3.63, 3.8) is 0 Å². The van der Waals surface area contributed by atoms with Gasteiger partial charge in [-0.25, -0.2) is 0 Å². The van der Waals surface area contributed by atoms with E-state index in [2.05, 4.69) is 10.2 Å². The van der Waals surface area contributed by atoms with Gasteiger partial charge >= 0.3 is 0 Å². The van der Waals surface area contributed by atoms with Crippen LogP contribution in [-0.2, 0) is 0 Å². The van der Waals surface area contributed by atoms with Gasteiger partial charge in [-0.1, -0.05) is 30.3 Å². The Morgan fingerprint density at radius 3 is 2.50 bits per heavy atom. The minimum atomic E-state index is -0.388. The summed E-state index contributed by atoms with van der Waals surface area (Å²) in [5.74, 6) is -0.388. The summed E-state index contributed by atoms with van der Waals surface area (Å²) >= 11 is 0. The van der Waals surface area contributed by atoms with Crippen molar-refractivity contribution >= 4 is 0 Å². The van der Waals surface area contributed by atoms with E-state index in [9.17, 15) is 4.39 Å². The first-order valence-electron chi connectivity index (χ1n) is 3.62. The average molecular weight is 162 g/mol. The number of rotatable bonds is 1. The van der Waals surface area contributed by atoms with Crippen LogP contribution in [0.25, 0.3) is 11.1 Å². The summed E-state index contributed by atoms with van der Waals surface area (Å²) in [6, 6.07) is 9.30. The van der Waals surface area contributed by atoms with Crippen molar-refractivity contribution in [2.24, 2.45) is 0 Å². The van der Waals surface area contributed by atoms with Crippen LogP contribution in [0.15, 0.2) is 36.5 Å². The number of aromatic amines is 1. The van der Waals surface area contributed by atoms with Gasteiger partial charge in [-0.05, 0) is 5.56 Å². The van der Waals surface area contributed by atoms with Gasteiger partial charge in [0.05, 0.1) is 11.8 Å². The van der Waals surface area contributed by atoms with Crippen molar-refractivity contribution in [3.8, 4) is 11.1 Å². The predicted molar refractivity (Wildman–Crippen MR) is 44.0 cm³/mol. The normalized spacial score (nSPS) is 10.1. The van der Waals surface area contributed by atoms with Crippen LogP contribution in [0.3, 0.4) is 0 Å². The van der Waals surface area contributed by atoms with Crippen molar-refractivity contribution in [1.82, 2.24) is 10.2 Å². The second-order valence-corrected chi connectivity index (χ2v) is 2.46. The molecule has 0 saturated heterocycles. The molecule has 0 spiro atoms. The van der Waals surface area contributed by atoms with Crippen molar-refractivity contribution in [1.29, 1.82) is 0 Å². The van der Waals surface area contributed by atoms with Crippen molar-refractivity contribution in [3.05, 3.63) is 42.5 Å². The molecule has 12 heavy (non-hydrogen) atoms. The number of aromatic nitrogens is 2. The van der Waals surface area contributed by atoms with Gasteiger partial charge in [-0.2, -0.15) is 9.49 Å². The van der Waals surface area contributed by atoms with E-state index in [1.54, 1.807) is 0 Å². The molecule has 1 heterocycles. The van der Waals surface area contributed by atoms with Crippen molar-refractivity contribution in [2.75, 3.05) is 0 Å². The number of nitrogens with one attached hydrogen (secondary N) is 1. The third-order valence-corrected chi connectivity index (χ3v) is 1.68. The molecule has 0 bridgehead atoms. The zero-order chi connectivity index (χ0) is 8.39. The fraction of sp³-hybridized carbons (Fsp3) is 0. The molecule has 2 nitrogen and oxygen atoms in total. The summed E-state index contributed by atoms with van der Waals surface area (Å²) in [4.78, 5) is 0. The Labute approximate surface area is 69.1 Å². The fourth-order valence-electron chi connectivity index (χ4n) is 1.09. The molecular weight excluding hydrogens is 155 g/mol. The fourth-order valence-corrected chi connectivity index (χ4v) is 1.09. The molecule has 0 radical (unpaired) electrons. The van der Waals surface area contributed by atoms with E-state index in [-0.39, 0.29) is 5.95 Å².